The third-order valence-electron chi connectivity index (χ3n) is 7.48. The first-order valence-corrected chi connectivity index (χ1v) is 14.2. The van der Waals surface area contributed by atoms with Crippen LogP contribution in [-0.2, 0) is 24.1 Å². The molecule has 0 saturated heterocycles. The standard InChI is InChI=1S/C31H31N3O4S/c1-3-38-23-9-6-8-21(18-23)28-26-11-7-17-33(26)29-25(24-10-4-5-12-27(24)39-29)19-34(28)31(36)32-22-15-13-20(14-16-22)30(35)37-2/h6-9,11,13-18,28H,3-5,10,12,19H2,1-2H3,(H,32,36)/t28-/m1/s1. The van der Waals surface area contributed by atoms with Crippen LogP contribution in [0.2, 0.25) is 0 Å². The molecule has 0 bridgehead atoms. The van der Waals surface area contributed by atoms with Gasteiger partial charge in [-0.05, 0) is 92.3 Å². The van der Waals surface area contributed by atoms with E-state index in [9.17, 15) is 9.59 Å². The van der Waals surface area contributed by atoms with E-state index in [0.717, 1.165) is 29.8 Å². The van der Waals surface area contributed by atoms with E-state index in [1.54, 1.807) is 24.3 Å². The van der Waals surface area contributed by atoms with Crippen LogP contribution >= 0.6 is 11.3 Å². The van der Waals surface area contributed by atoms with Crippen LogP contribution in [0.3, 0.4) is 0 Å². The monoisotopic (exact) mass is 541 g/mol. The number of nitrogens with zero attached hydrogens (tertiary/aromatic N) is 2. The van der Waals surface area contributed by atoms with Gasteiger partial charge in [-0.2, -0.15) is 0 Å². The van der Waals surface area contributed by atoms with Gasteiger partial charge >= 0.3 is 12.0 Å². The average molecular weight is 542 g/mol. The molecule has 0 saturated carbocycles. The molecule has 200 valence electrons. The minimum Gasteiger partial charge on any atom is -0.494 e. The summed E-state index contributed by atoms with van der Waals surface area (Å²) in [7, 11) is 1.35. The maximum Gasteiger partial charge on any atom is 0.337 e. The Labute approximate surface area is 232 Å². The number of nitrogens with one attached hydrogen (secondary N) is 1. The minimum absolute atomic E-state index is 0.205. The molecule has 2 amide bonds. The topological polar surface area (TPSA) is 72.8 Å². The lowest BCUT2D eigenvalue weighted by Gasteiger charge is -2.31. The number of hydrogen-bond donors (Lipinski definition) is 1. The fourth-order valence-corrected chi connectivity index (χ4v) is 7.09. The van der Waals surface area contributed by atoms with E-state index in [2.05, 4.69) is 34.3 Å². The lowest BCUT2D eigenvalue weighted by molar-refractivity contribution is 0.0600. The van der Waals surface area contributed by atoms with E-state index in [0.29, 0.717) is 24.4 Å². The van der Waals surface area contributed by atoms with Crippen LogP contribution in [0, 0.1) is 0 Å². The van der Waals surface area contributed by atoms with E-state index in [4.69, 9.17) is 9.47 Å². The Morgan fingerprint density at radius 2 is 1.85 bits per heavy atom. The number of ether oxygens (including phenoxy) is 2. The van der Waals surface area contributed by atoms with Crippen LogP contribution in [0.1, 0.15) is 63.4 Å². The summed E-state index contributed by atoms with van der Waals surface area (Å²) in [5.74, 6) is 0.369. The van der Waals surface area contributed by atoms with Crippen LogP contribution in [0.5, 0.6) is 5.75 Å². The molecule has 2 aliphatic rings. The van der Waals surface area contributed by atoms with Crippen molar-refractivity contribution in [3.05, 3.63) is 99.7 Å². The van der Waals surface area contributed by atoms with Gasteiger partial charge in [0, 0.05) is 22.3 Å². The normalized spacial score (nSPS) is 15.9. The van der Waals surface area contributed by atoms with Gasteiger partial charge < -0.3 is 24.3 Å². The molecule has 1 N–H and O–H groups in total. The highest BCUT2D eigenvalue weighted by molar-refractivity contribution is 7.15. The number of benzene rings is 2. The van der Waals surface area contributed by atoms with Crippen LogP contribution < -0.4 is 10.1 Å². The Balaban J connectivity index is 1.43. The number of hydrogen-bond acceptors (Lipinski definition) is 5. The smallest absolute Gasteiger partial charge is 0.337 e. The van der Waals surface area contributed by atoms with Crippen molar-refractivity contribution in [3.63, 3.8) is 0 Å². The largest absolute Gasteiger partial charge is 0.494 e. The molecule has 0 spiro atoms. The molecule has 3 heterocycles. The molecule has 2 aromatic heterocycles. The molecule has 2 aromatic carbocycles. The van der Waals surface area contributed by atoms with Gasteiger partial charge in [-0.25, -0.2) is 9.59 Å². The Kier molecular flexibility index (Phi) is 6.87. The lowest BCUT2D eigenvalue weighted by Crippen LogP contribution is -2.38. The van der Waals surface area contributed by atoms with E-state index in [1.807, 2.05) is 41.4 Å². The Morgan fingerprint density at radius 3 is 2.64 bits per heavy atom. The second-order valence-electron chi connectivity index (χ2n) is 9.83. The van der Waals surface area contributed by atoms with Crippen LogP contribution in [0.4, 0.5) is 10.5 Å². The SMILES string of the molecule is CCOc1cccc([C@@H]2c3cccn3-c3sc4c(c3CN2C(=O)Nc2ccc(C(=O)OC)cc2)CCCC4)c1. The molecule has 7 nitrogen and oxygen atoms in total. The third kappa shape index (κ3) is 4.69. The third-order valence-corrected chi connectivity index (χ3v) is 8.82. The first kappa shape index (κ1) is 25.2. The molecule has 1 aliphatic carbocycles. The number of amides is 2. The Morgan fingerprint density at radius 1 is 1.03 bits per heavy atom. The zero-order valence-corrected chi connectivity index (χ0v) is 22.9. The first-order chi connectivity index (χ1) is 19.1. The number of anilines is 1. The van der Waals surface area contributed by atoms with Crippen molar-refractivity contribution in [2.75, 3.05) is 19.0 Å². The fourth-order valence-electron chi connectivity index (χ4n) is 5.68. The maximum atomic E-state index is 14.1. The highest BCUT2D eigenvalue weighted by Crippen LogP contribution is 2.44. The van der Waals surface area contributed by atoms with E-state index < -0.39 is 5.97 Å². The average Bonchev–Trinajstić information content (AvgIpc) is 3.55. The van der Waals surface area contributed by atoms with Gasteiger partial charge in [0.05, 0.1) is 37.6 Å². The molecule has 0 unspecified atom stereocenters. The molecule has 8 heteroatoms. The van der Waals surface area contributed by atoms with Gasteiger partial charge in [0.1, 0.15) is 10.8 Å². The predicted molar refractivity (Wildman–Crippen MR) is 152 cm³/mol. The van der Waals surface area contributed by atoms with E-state index in [-0.39, 0.29) is 12.1 Å². The van der Waals surface area contributed by atoms with Crippen molar-refractivity contribution in [3.8, 4) is 10.8 Å². The van der Waals surface area contributed by atoms with Crippen molar-refractivity contribution in [1.82, 2.24) is 9.47 Å². The van der Waals surface area contributed by atoms with Crippen molar-refractivity contribution in [2.45, 2.75) is 45.2 Å². The molecular weight excluding hydrogens is 510 g/mol. The van der Waals surface area contributed by atoms with Crippen LogP contribution in [0.15, 0.2) is 66.9 Å². The van der Waals surface area contributed by atoms with Crippen molar-refractivity contribution >= 4 is 29.0 Å². The quantitative estimate of drug-likeness (QED) is 0.284. The van der Waals surface area contributed by atoms with Gasteiger partial charge in [0.15, 0.2) is 0 Å². The Hall–Kier alpha value is -4.04. The van der Waals surface area contributed by atoms with Gasteiger partial charge in [-0.1, -0.05) is 12.1 Å². The van der Waals surface area contributed by atoms with Gasteiger partial charge in [0.25, 0.3) is 0 Å². The van der Waals surface area contributed by atoms with Gasteiger partial charge in [0.2, 0.25) is 0 Å². The molecule has 39 heavy (non-hydrogen) atoms. The number of fused-ring (bicyclic) bond motifs is 5. The molecule has 0 fully saturated rings. The predicted octanol–water partition coefficient (Wildman–Crippen LogP) is 6.74. The Bertz CT molecular complexity index is 1520. The first-order valence-electron chi connectivity index (χ1n) is 13.4. The molecule has 6 rings (SSSR count). The van der Waals surface area contributed by atoms with E-state index in [1.165, 1.54) is 41.0 Å². The van der Waals surface area contributed by atoms with Crippen LogP contribution in [0.25, 0.3) is 5.00 Å². The highest BCUT2D eigenvalue weighted by Gasteiger charge is 2.36. The highest BCUT2D eigenvalue weighted by atomic mass is 32.1. The summed E-state index contributed by atoms with van der Waals surface area (Å²) in [6.45, 7) is 3.04. The molecule has 1 atom stereocenters. The number of aromatic nitrogens is 1. The summed E-state index contributed by atoms with van der Waals surface area (Å²) in [5.41, 5.74) is 5.72. The molecular formula is C31H31N3O4S. The fraction of sp³-hybridized carbons (Fsp3) is 0.290. The van der Waals surface area contributed by atoms with Crippen LogP contribution in [-0.4, -0.2) is 35.2 Å². The number of carbonyl (C=O) groups is 2. The summed E-state index contributed by atoms with van der Waals surface area (Å²) < 4.78 is 12.9. The number of urea groups is 1. The number of aryl methyl sites for hydroxylation is 1. The number of thiophene rings is 1. The second kappa shape index (κ2) is 10.6. The van der Waals surface area contributed by atoms with Crippen molar-refractivity contribution in [1.29, 1.82) is 0 Å². The summed E-state index contributed by atoms with van der Waals surface area (Å²) in [6, 6.07) is 18.4. The van der Waals surface area contributed by atoms with Gasteiger partial charge in [-0.15, -0.1) is 11.3 Å². The molecule has 0 radical (unpaired) electrons. The lowest BCUT2D eigenvalue weighted by atomic mass is 9.95. The molecule has 1 aliphatic heterocycles. The van der Waals surface area contributed by atoms with Gasteiger partial charge in [-0.3, -0.25) is 0 Å². The second-order valence-corrected chi connectivity index (χ2v) is 10.9. The number of methoxy groups -OCH3 is 1. The summed E-state index contributed by atoms with van der Waals surface area (Å²) in [4.78, 5) is 29.4. The van der Waals surface area contributed by atoms with Crippen molar-refractivity contribution < 1.29 is 19.1 Å². The maximum absolute atomic E-state index is 14.1. The number of carbonyl (C=O) groups excluding carboxylic acids is 2. The number of esters is 1. The number of rotatable bonds is 5. The summed E-state index contributed by atoms with van der Waals surface area (Å²) >= 11 is 1.87. The zero-order valence-electron chi connectivity index (χ0n) is 22.1. The van der Waals surface area contributed by atoms with E-state index >= 15 is 0 Å². The summed E-state index contributed by atoms with van der Waals surface area (Å²) in [6.07, 6.45) is 6.65. The molecule has 4 aromatic rings. The minimum atomic E-state index is -0.412. The zero-order chi connectivity index (χ0) is 26.9. The van der Waals surface area contributed by atoms with Crippen molar-refractivity contribution in [2.24, 2.45) is 0 Å². The summed E-state index contributed by atoms with van der Waals surface area (Å²) in [5, 5.41) is 4.30.